The van der Waals surface area contributed by atoms with E-state index in [1.165, 1.54) is 6.42 Å². The Morgan fingerprint density at radius 2 is 2.05 bits per heavy atom. The summed E-state index contributed by atoms with van der Waals surface area (Å²) in [5, 5.41) is 9.39. The van der Waals surface area contributed by atoms with E-state index in [2.05, 4.69) is 41.6 Å². The molecule has 3 atom stereocenters. The molecule has 0 aliphatic carbocycles. The minimum Gasteiger partial charge on any atom is -0.478 e. The molecule has 104 valence electrons. The number of halogens is 1. The van der Waals surface area contributed by atoms with Gasteiger partial charge in [-0.2, -0.15) is 0 Å². The molecule has 0 amide bonds. The number of carboxylic acid groups (broad SMARTS) is 1. The fraction of sp³-hybridized carbons (Fsp3) is 0.533. The van der Waals surface area contributed by atoms with Gasteiger partial charge in [0.25, 0.3) is 0 Å². The van der Waals surface area contributed by atoms with Gasteiger partial charge in [-0.05, 0) is 43.4 Å². The Morgan fingerprint density at radius 1 is 1.37 bits per heavy atom. The summed E-state index contributed by atoms with van der Waals surface area (Å²) in [6.07, 6.45) is 1.20. The summed E-state index contributed by atoms with van der Waals surface area (Å²) in [4.78, 5) is 13.7. The standard InChI is InChI=1S/C15H20BrNO2/c1-9-6-10(2)11(3)17(8-9)14-5-4-12(16)7-13(14)15(18)19/h4-5,7,9-11H,6,8H2,1-3H3,(H,18,19). The van der Waals surface area contributed by atoms with E-state index in [9.17, 15) is 9.90 Å². The highest BCUT2D eigenvalue weighted by Gasteiger charge is 2.30. The van der Waals surface area contributed by atoms with E-state index in [1.54, 1.807) is 6.07 Å². The summed E-state index contributed by atoms with van der Waals surface area (Å²) in [5.74, 6) is 0.305. The topological polar surface area (TPSA) is 40.5 Å². The maximum absolute atomic E-state index is 11.4. The summed E-state index contributed by atoms with van der Waals surface area (Å²) in [6, 6.07) is 5.89. The Morgan fingerprint density at radius 3 is 2.68 bits per heavy atom. The van der Waals surface area contributed by atoms with Gasteiger partial charge in [-0.25, -0.2) is 4.79 Å². The molecule has 1 saturated heterocycles. The second-order valence-electron chi connectivity index (χ2n) is 5.68. The number of hydrogen-bond donors (Lipinski definition) is 1. The van der Waals surface area contributed by atoms with E-state index in [0.29, 0.717) is 23.4 Å². The van der Waals surface area contributed by atoms with Gasteiger partial charge >= 0.3 is 5.97 Å². The monoisotopic (exact) mass is 325 g/mol. The van der Waals surface area contributed by atoms with Crippen LogP contribution in [0.1, 0.15) is 37.6 Å². The van der Waals surface area contributed by atoms with Crippen molar-refractivity contribution in [2.24, 2.45) is 11.8 Å². The number of nitrogens with zero attached hydrogens (tertiary/aromatic N) is 1. The number of piperidine rings is 1. The highest BCUT2D eigenvalue weighted by Crippen LogP contribution is 2.34. The van der Waals surface area contributed by atoms with Gasteiger partial charge in [0.05, 0.1) is 11.3 Å². The van der Waals surface area contributed by atoms with Crippen molar-refractivity contribution < 1.29 is 9.90 Å². The number of carboxylic acids is 1. The molecule has 1 aliphatic heterocycles. The maximum Gasteiger partial charge on any atom is 0.337 e. The lowest BCUT2D eigenvalue weighted by Crippen LogP contribution is -2.46. The minimum absolute atomic E-state index is 0.371. The Hall–Kier alpha value is -1.03. The summed E-state index contributed by atoms with van der Waals surface area (Å²) >= 11 is 3.35. The van der Waals surface area contributed by atoms with Crippen LogP contribution in [0.2, 0.25) is 0 Å². The van der Waals surface area contributed by atoms with Crippen LogP contribution in [0.4, 0.5) is 5.69 Å². The summed E-state index contributed by atoms with van der Waals surface area (Å²) in [6.45, 7) is 7.58. The van der Waals surface area contributed by atoms with Gasteiger partial charge in [0, 0.05) is 17.1 Å². The number of hydrogen-bond acceptors (Lipinski definition) is 2. The van der Waals surface area contributed by atoms with Gasteiger partial charge in [0.1, 0.15) is 0 Å². The largest absolute Gasteiger partial charge is 0.478 e. The molecule has 0 aromatic heterocycles. The number of anilines is 1. The third-order valence-electron chi connectivity index (χ3n) is 4.10. The molecule has 4 heteroatoms. The van der Waals surface area contributed by atoms with Crippen LogP contribution in [0.3, 0.4) is 0 Å². The van der Waals surface area contributed by atoms with E-state index in [0.717, 1.165) is 16.7 Å². The normalized spacial score (nSPS) is 27.4. The zero-order valence-electron chi connectivity index (χ0n) is 11.6. The molecule has 2 rings (SSSR count). The van der Waals surface area contributed by atoms with Crippen molar-refractivity contribution in [3.8, 4) is 0 Å². The average Bonchev–Trinajstić information content (AvgIpc) is 2.34. The van der Waals surface area contributed by atoms with Crippen molar-refractivity contribution in [3.05, 3.63) is 28.2 Å². The van der Waals surface area contributed by atoms with E-state index in [4.69, 9.17) is 0 Å². The van der Waals surface area contributed by atoms with Crippen LogP contribution in [0.5, 0.6) is 0 Å². The lowest BCUT2D eigenvalue weighted by molar-refractivity contribution is 0.0697. The first-order chi connectivity index (χ1) is 8.90. The van der Waals surface area contributed by atoms with Gasteiger partial charge in [0.15, 0.2) is 0 Å². The second kappa shape index (κ2) is 5.53. The molecule has 1 aromatic rings. The second-order valence-corrected chi connectivity index (χ2v) is 6.59. The van der Waals surface area contributed by atoms with E-state index >= 15 is 0 Å². The molecule has 1 aromatic carbocycles. The van der Waals surface area contributed by atoms with Crippen molar-refractivity contribution in [2.75, 3.05) is 11.4 Å². The number of rotatable bonds is 2. The SMILES string of the molecule is CC1CC(C)C(C)N(c2ccc(Br)cc2C(=O)O)C1. The van der Waals surface area contributed by atoms with Crippen LogP contribution < -0.4 is 4.90 Å². The number of carbonyl (C=O) groups is 1. The molecule has 3 unspecified atom stereocenters. The van der Waals surface area contributed by atoms with Crippen LogP contribution in [-0.4, -0.2) is 23.7 Å². The molecule has 1 fully saturated rings. The summed E-state index contributed by atoms with van der Waals surface area (Å²) in [7, 11) is 0. The van der Waals surface area contributed by atoms with Gasteiger partial charge in [-0.15, -0.1) is 0 Å². The third-order valence-corrected chi connectivity index (χ3v) is 4.59. The van der Waals surface area contributed by atoms with Crippen LogP contribution in [0.15, 0.2) is 22.7 Å². The summed E-state index contributed by atoms with van der Waals surface area (Å²) < 4.78 is 0.805. The Bertz CT molecular complexity index is 489. The van der Waals surface area contributed by atoms with Crippen molar-refractivity contribution in [1.82, 2.24) is 0 Å². The highest BCUT2D eigenvalue weighted by atomic mass is 79.9. The smallest absolute Gasteiger partial charge is 0.337 e. The third kappa shape index (κ3) is 2.94. The van der Waals surface area contributed by atoms with Crippen LogP contribution in [0, 0.1) is 11.8 Å². The van der Waals surface area contributed by atoms with Crippen LogP contribution >= 0.6 is 15.9 Å². The molecular weight excluding hydrogens is 306 g/mol. The Kier molecular flexibility index (Phi) is 4.19. The molecule has 0 spiro atoms. The molecule has 0 saturated carbocycles. The first kappa shape index (κ1) is 14.4. The zero-order valence-corrected chi connectivity index (χ0v) is 13.1. The van der Waals surface area contributed by atoms with Crippen LogP contribution in [0.25, 0.3) is 0 Å². The first-order valence-corrected chi connectivity index (χ1v) is 7.49. The van der Waals surface area contributed by atoms with Crippen LogP contribution in [-0.2, 0) is 0 Å². The predicted molar refractivity (Wildman–Crippen MR) is 80.9 cm³/mol. The molecule has 1 N–H and O–H groups in total. The van der Waals surface area contributed by atoms with E-state index < -0.39 is 5.97 Å². The molecule has 1 heterocycles. The quantitative estimate of drug-likeness (QED) is 0.892. The first-order valence-electron chi connectivity index (χ1n) is 6.69. The zero-order chi connectivity index (χ0) is 14.2. The number of benzene rings is 1. The molecule has 19 heavy (non-hydrogen) atoms. The van der Waals surface area contributed by atoms with Crippen molar-refractivity contribution >= 4 is 27.6 Å². The Balaban J connectivity index is 2.42. The number of aromatic carboxylic acids is 1. The fourth-order valence-corrected chi connectivity index (χ4v) is 3.32. The van der Waals surface area contributed by atoms with E-state index in [1.807, 2.05) is 12.1 Å². The highest BCUT2D eigenvalue weighted by molar-refractivity contribution is 9.10. The molecule has 1 aliphatic rings. The van der Waals surface area contributed by atoms with Gasteiger partial charge in [-0.3, -0.25) is 0 Å². The minimum atomic E-state index is -0.866. The van der Waals surface area contributed by atoms with Gasteiger partial charge in [-0.1, -0.05) is 29.8 Å². The predicted octanol–water partition coefficient (Wildman–Crippen LogP) is 4.02. The Labute approximate surface area is 122 Å². The molecule has 0 bridgehead atoms. The van der Waals surface area contributed by atoms with Crippen molar-refractivity contribution in [2.45, 2.75) is 33.2 Å². The maximum atomic E-state index is 11.4. The van der Waals surface area contributed by atoms with Crippen molar-refractivity contribution in [3.63, 3.8) is 0 Å². The van der Waals surface area contributed by atoms with E-state index in [-0.39, 0.29) is 0 Å². The summed E-state index contributed by atoms with van der Waals surface area (Å²) in [5.41, 5.74) is 1.21. The lowest BCUT2D eigenvalue weighted by Gasteiger charge is -2.43. The average molecular weight is 326 g/mol. The lowest BCUT2D eigenvalue weighted by atomic mass is 9.85. The van der Waals surface area contributed by atoms with Gasteiger partial charge in [0.2, 0.25) is 0 Å². The molecular formula is C15H20BrNO2. The fourth-order valence-electron chi connectivity index (χ4n) is 2.96. The molecule has 3 nitrogen and oxygen atoms in total. The van der Waals surface area contributed by atoms with Crippen molar-refractivity contribution in [1.29, 1.82) is 0 Å². The molecule has 0 radical (unpaired) electrons. The van der Waals surface area contributed by atoms with Gasteiger partial charge < -0.3 is 10.0 Å².